The predicted molar refractivity (Wildman–Crippen MR) is 116 cm³/mol. The zero-order valence-corrected chi connectivity index (χ0v) is 17.8. The normalized spacial score (nSPS) is 16.3. The number of nitrogens with zero attached hydrogens (tertiary/aromatic N) is 2. The molecule has 2 heterocycles. The van der Waals surface area contributed by atoms with Gasteiger partial charge < -0.3 is 4.74 Å². The molecule has 0 saturated carbocycles. The Morgan fingerprint density at radius 1 is 1.21 bits per heavy atom. The number of fused-ring (bicyclic) bond motifs is 1. The summed E-state index contributed by atoms with van der Waals surface area (Å²) in [6, 6.07) is 10.5. The number of ketones is 1. The molecule has 5 nitrogen and oxygen atoms in total. The van der Waals surface area contributed by atoms with Crippen molar-refractivity contribution in [2.75, 3.05) is 18.1 Å². The van der Waals surface area contributed by atoms with Gasteiger partial charge in [-0.25, -0.2) is 4.98 Å². The molecule has 4 rings (SSSR count). The van der Waals surface area contributed by atoms with Gasteiger partial charge in [-0.2, -0.15) is 0 Å². The summed E-state index contributed by atoms with van der Waals surface area (Å²) < 4.78 is 6.65. The molecule has 1 aromatic heterocycles. The number of aromatic nitrogens is 1. The molecule has 150 valence electrons. The number of ether oxygens (including phenoxy) is 1. The van der Waals surface area contributed by atoms with Gasteiger partial charge in [0.05, 0.1) is 27.9 Å². The second-order valence-electron chi connectivity index (χ2n) is 7.22. The molecule has 7 heteroatoms. The molecule has 0 N–H and O–H groups in total. The number of anilines is 1. The highest BCUT2D eigenvalue weighted by Crippen LogP contribution is 2.36. The Labute approximate surface area is 178 Å². The van der Waals surface area contributed by atoms with E-state index in [-0.39, 0.29) is 17.8 Å². The van der Waals surface area contributed by atoms with Crippen molar-refractivity contribution in [3.8, 4) is 0 Å². The zero-order valence-electron chi connectivity index (χ0n) is 16.3. The van der Waals surface area contributed by atoms with E-state index in [4.69, 9.17) is 21.3 Å². The average Bonchev–Trinajstić information content (AvgIpc) is 3.39. The third kappa shape index (κ3) is 4.06. The Morgan fingerprint density at radius 3 is 2.55 bits per heavy atom. The van der Waals surface area contributed by atoms with Crippen LogP contribution in [-0.4, -0.2) is 35.9 Å². The Kier molecular flexibility index (Phi) is 5.67. The van der Waals surface area contributed by atoms with Gasteiger partial charge in [-0.15, -0.1) is 0 Å². The van der Waals surface area contributed by atoms with E-state index in [0.717, 1.165) is 28.6 Å². The van der Waals surface area contributed by atoms with E-state index in [9.17, 15) is 9.59 Å². The highest BCUT2D eigenvalue weighted by Gasteiger charge is 2.27. The average molecular weight is 429 g/mol. The van der Waals surface area contributed by atoms with Crippen LogP contribution in [0.5, 0.6) is 0 Å². The van der Waals surface area contributed by atoms with Crippen molar-refractivity contribution in [2.24, 2.45) is 0 Å². The maximum atomic E-state index is 13.4. The number of carbonyl (C=O) groups excluding carboxylic acids is 2. The van der Waals surface area contributed by atoms with E-state index in [0.29, 0.717) is 34.4 Å². The van der Waals surface area contributed by atoms with E-state index in [1.54, 1.807) is 29.2 Å². The van der Waals surface area contributed by atoms with Crippen molar-refractivity contribution >= 4 is 50.0 Å². The molecular weight excluding hydrogens is 408 g/mol. The van der Waals surface area contributed by atoms with Crippen molar-refractivity contribution in [1.82, 2.24) is 4.98 Å². The molecule has 1 fully saturated rings. The van der Waals surface area contributed by atoms with Crippen LogP contribution < -0.4 is 4.90 Å². The number of hydrogen-bond donors (Lipinski definition) is 0. The molecular formula is C22H21ClN2O3S. The molecule has 1 aliphatic heterocycles. The van der Waals surface area contributed by atoms with Crippen LogP contribution in [0.3, 0.4) is 0 Å². The lowest BCUT2D eigenvalue weighted by Gasteiger charge is -2.23. The second-order valence-corrected chi connectivity index (χ2v) is 8.61. The lowest BCUT2D eigenvalue weighted by Crippen LogP contribution is -2.37. The van der Waals surface area contributed by atoms with Crippen LogP contribution in [0.2, 0.25) is 5.02 Å². The first-order chi connectivity index (χ1) is 13.9. The van der Waals surface area contributed by atoms with Gasteiger partial charge >= 0.3 is 0 Å². The number of halogens is 1. The minimum absolute atomic E-state index is 0.0148. The van der Waals surface area contributed by atoms with Crippen LogP contribution in [0.25, 0.3) is 10.2 Å². The van der Waals surface area contributed by atoms with Gasteiger partial charge in [0.1, 0.15) is 0 Å². The van der Waals surface area contributed by atoms with Gasteiger partial charge in [0.25, 0.3) is 5.91 Å². The molecule has 0 radical (unpaired) electrons. The lowest BCUT2D eigenvalue weighted by atomic mass is 10.1. The van der Waals surface area contributed by atoms with Crippen molar-refractivity contribution in [3.05, 3.63) is 58.1 Å². The number of Topliss-reactive ketones (excluding diaryl/α,β-unsaturated/α-hetero) is 1. The summed E-state index contributed by atoms with van der Waals surface area (Å²) in [4.78, 5) is 31.3. The molecule has 1 saturated heterocycles. The van der Waals surface area contributed by atoms with E-state index in [2.05, 4.69) is 0 Å². The first-order valence-electron chi connectivity index (χ1n) is 9.54. The SMILES string of the molecule is CC(=O)c1ccc(C(=O)N(CC2CCCO2)c2nc3c(C)ccc(Cl)c3s2)cc1. The van der Waals surface area contributed by atoms with Crippen molar-refractivity contribution in [2.45, 2.75) is 32.8 Å². The quantitative estimate of drug-likeness (QED) is 0.518. The van der Waals surface area contributed by atoms with Gasteiger partial charge in [0.15, 0.2) is 10.9 Å². The van der Waals surface area contributed by atoms with Crippen molar-refractivity contribution < 1.29 is 14.3 Å². The molecule has 3 aromatic rings. The van der Waals surface area contributed by atoms with E-state index < -0.39 is 0 Å². The Balaban J connectivity index is 1.73. The summed E-state index contributed by atoms with van der Waals surface area (Å²) in [5, 5.41) is 1.23. The lowest BCUT2D eigenvalue weighted by molar-refractivity contribution is 0.0916. The highest BCUT2D eigenvalue weighted by atomic mass is 35.5. The number of amides is 1. The Hall–Kier alpha value is -2.28. The first-order valence-corrected chi connectivity index (χ1v) is 10.7. The third-order valence-corrected chi connectivity index (χ3v) is 6.65. The summed E-state index contributed by atoms with van der Waals surface area (Å²) in [6.07, 6.45) is 1.89. The molecule has 0 aliphatic carbocycles. The number of aryl methyl sites for hydroxylation is 1. The van der Waals surface area contributed by atoms with E-state index in [1.807, 2.05) is 19.1 Å². The fourth-order valence-corrected chi connectivity index (χ4v) is 4.77. The van der Waals surface area contributed by atoms with Crippen LogP contribution in [-0.2, 0) is 4.74 Å². The number of hydrogen-bond acceptors (Lipinski definition) is 5. The number of rotatable bonds is 5. The van der Waals surface area contributed by atoms with E-state index >= 15 is 0 Å². The van der Waals surface area contributed by atoms with Crippen LogP contribution in [0.4, 0.5) is 5.13 Å². The van der Waals surface area contributed by atoms with Gasteiger partial charge in [-0.3, -0.25) is 14.5 Å². The van der Waals surface area contributed by atoms with Crippen LogP contribution >= 0.6 is 22.9 Å². The largest absolute Gasteiger partial charge is 0.376 e. The van der Waals surface area contributed by atoms with Crippen molar-refractivity contribution in [1.29, 1.82) is 0 Å². The van der Waals surface area contributed by atoms with Gasteiger partial charge in [-0.05, 0) is 50.5 Å². The smallest absolute Gasteiger partial charge is 0.260 e. The van der Waals surface area contributed by atoms with Crippen LogP contribution in [0.15, 0.2) is 36.4 Å². The van der Waals surface area contributed by atoms with E-state index in [1.165, 1.54) is 18.3 Å². The van der Waals surface area contributed by atoms with Gasteiger partial charge in [0.2, 0.25) is 0 Å². The molecule has 2 aromatic carbocycles. The highest BCUT2D eigenvalue weighted by molar-refractivity contribution is 7.23. The zero-order chi connectivity index (χ0) is 20.5. The number of carbonyl (C=O) groups is 2. The summed E-state index contributed by atoms with van der Waals surface area (Å²) in [7, 11) is 0. The fourth-order valence-electron chi connectivity index (χ4n) is 3.45. The maximum Gasteiger partial charge on any atom is 0.260 e. The Bertz CT molecular complexity index is 1030. The molecule has 0 bridgehead atoms. The molecule has 29 heavy (non-hydrogen) atoms. The topological polar surface area (TPSA) is 59.5 Å². The summed E-state index contributed by atoms with van der Waals surface area (Å²) in [5.74, 6) is -0.195. The third-order valence-electron chi connectivity index (χ3n) is 5.11. The van der Waals surface area contributed by atoms with Gasteiger partial charge in [-0.1, -0.05) is 41.1 Å². The number of benzene rings is 2. The molecule has 0 spiro atoms. The summed E-state index contributed by atoms with van der Waals surface area (Å²) >= 11 is 7.78. The monoisotopic (exact) mass is 428 g/mol. The predicted octanol–water partition coefficient (Wildman–Crippen LogP) is 5.29. The molecule has 1 atom stereocenters. The molecule has 1 aliphatic rings. The summed E-state index contributed by atoms with van der Waals surface area (Å²) in [5.41, 5.74) is 2.92. The number of thiazole rings is 1. The standard InChI is InChI=1S/C22H21ClN2O3S/c1-13-5-10-18(23)20-19(13)24-22(29-20)25(12-17-4-3-11-28-17)21(27)16-8-6-15(7-9-16)14(2)26/h5-10,17H,3-4,11-12H2,1-2H3. The maximum absolute atomic E-state index is 13.4. The molecule has 1 unspecified atom stereocenters. The minimum atomic E-state index is -0.163. The summed E-state index contributed by atoms with van der Waals surface area (Å²) in [6.45, 7) is 4.64. The van der Waals surface area contributed by atoms with Gasteiger partial charge in [0, 0.05) is 17.7 Å². The van der Waals surface area contributed by atoms with Crippen LogP contribution in [0, 0.1) is 6.92 Å². The molecule has 1 amide bonds. The van der Waals surface area contributed by atoms with Crippen molar-refractivity contribution in [3.63, 3.8) is 0 Å². The fraction of sp³-hybridized carbons (Fsp3) is 0.318. The minimum Gasteiger partial charge on any atom is -0.376 e. The van der Waals surface area contributed by atoms with Crippen LogP contribution in [0.1, 0.15) is 46.0 Å². The Morgan fingerprint density at radius 2 is 1.93 bits per heavy atom. The second kappa shape index (κ2) is 8.22. The first kappa shape index (κ1) is 20.0.